The summed E-state index contributed by atoms with van der Waals surface area (Å²) in [5.74, 6) is 0.991. The Morgan fingerprint density at radius 3 is 2.64 bits per heavy atom. The minimum atomic E-state index is -0.190. The maximum absolute atomic E-state index is 12.6. The minimum absolute atomic E-state index is 0.00310. The van der Waals surface area contributed by atoms with E-state index in [0.717, 1.165) is 43.2 Å². The zero-order valence-corrected chi connectivity index (χ0v) is 15.3. The predicted molar refractivity (Wildman–Crippen MR) is 102 cm³/mol. The summed E-state index contributed by atoms with van der Waals surface area (Å²) in [4.78, 5) is 21.5. The molecule has 1 N–H and O–H groups in total. The molecule has 1 aliphatic rings. The molecule has 1 atom stereocenters. The molecule has 3 rings (SSSR count). The van der Waals surface area contributed by atoms with E-state index in [0.29, 0.717) is 5.02 Å². The first kappa shape index (κ1) is 17.7. The standard InChI is InChI=1S/C19H23ClN4O/c1-14-6-7-16(20)13-17(14)22-19(25)15(2)23-9-11-24(12-10-23)18-5-3-4-8-21-18/h3-8,13,15H,9-12H2,1-2H3,(H,22,25)/t15-/m0/s1. The van der Waals surface area contributed by atoms with E-state index in [-0.39, 0.29) is 11.9 Å². The van der Waals surface area contributed by atoms with E-state index in [1.165, 1.54) is 0 Å². The quantitative estimate of drug-likeness (QED) is 0.911. The van der Waals surface area contributed by atoms with Gasteiger partial charge < -0.3 is 10.2 Å². The zero-order valence-electron chi connectivity index (χ0n) is 14.6. The number of carbonyl (C=O) groups excluding carboxylic acids is 1. The molecule has 1 amide bonds. The highest BCUT2D eigenvalue weighted by Gasteiger charge is 2.26. The summed E-state index contributed by atoms with van der Waals surface area (Å²) in [6, 6.07) is 11.3. The van der Waals surface area contributed by atoms with Gasteiger partial charge in [-0.3, -0.25) is 9.69 Å². The molecule has 1 aliphatic heterocycles. The van der Waals surface area contributed by atoms with Crippen molar-refractivity contribution in [2.24, 2.45) is 0 Å². The average Bonchev–Trinajstić information content (AvgIpc) is 2.65. The number of nitrogens with one attached hydrogen (secondary N) is 1. The zero-order chi connectivity index (χ0) is 17.8. The number of hydrogen-bond acceptors (Lipinski definition) is 4. The van der Waals surface area contributed by atoms with Gasteiger partial charge in [-0.1, -0.05) is 23.7 Å². The van der Waals surface area contributed by atoms with Crippen LogP contribution in [0.2, 0.25) is 5.02 Å². The third-order valence-electron chi connectivity index (χ3n) is 4.67. The number of hydrogen-bond donors (Lipinski definition) is 1. The number of piperazine rings is 1. The minimum Gasteiger partial charge on any atom is -0.354 e. The molecule has 0 radical (unpaired) electrons. The number of carbonyl (C=O) groups is 1. The monoisotopic (exact) mass is 358 g/mol. The number of anilines is 2. The first-order chi connectivity index (χ1) is 12.0. The number of nitrogens with zero attached hydrogens (tertiary/aromatic N) is 3. The van der Waals surface area contributed by atoms with Gasteiger partial charge >= 0.3 is 0 Å². The average molecular weight is 359 g/mol. The molecule has 2 heterocycles. The normalized spacial score (nSPS) is 16.5. The van der Waals surface area contributed by atoms with Crippen molar-refractivity contribution in [2.75, 3.05) is 36.4 Å². The van der Waals surface area contributed by atoms with E-state index in [1.807, 2.05) is 50.4 Å². The third-order valence-corrected chi connectivity index (χ3v) is 4.91. The lowest BCUT2D eigenvalue weighted by atomic mass is 10.1. The lowest BCUT2D eigenvalue weighted by Crippen LogP contribution is -2.53. The second-order valence-electron chi connectivity index (χ2n) is 6.34. The number of rotatable bonds is 4. The van der Waals surface area contributed by atoms with Crippen molar-refractivity contribution < 1.29 is 4.79 Å². The molecule has 1 saturated heterocycles. The van der Waals surface area contributed by atoms with Crippen molar-refractivity contribution in [3.8, 4) is 0 Å². The highest BCUT2D eigenvalue weighted by atomic mass is 35.5. The summed E-state index contributed by atoms with van der Waals surface area (Å²) >= 11 is 6.03. The van der Waals surface area contributed by atoms with Crippen LogP contribution >= 0.6 is 11.6 Å². The van der Waals surface area contributed by atoms with Gasteiger partial charge in [-0.2, -0.15) is 0 Å². The summed E-state index contributed by atoms with van der Waals surface area (Å²) < 4.78 is 0. The first-order valence-electron chi connectivity index (χ1n) is 8.51. The van der Waals surface area contributed by atoms with Crippen molar-refractivity contribution in [3.05, 3.63) is 53.2 Å². The fourth-order valence-electron chi connectivity index (χ4n) is 3.01. The van der Waals surface area contributed by atoms with Crippen LogP contribution in [0.3, 0.4) is 0 Å². The number of aromatic nitrogens is 1. The van der Waals surface area contributed by atoms with Crippen molar-refractivity contribution in [2.45, 2.75) is 19.9 Å². The first-order valence-corrected chi connectivity index (χ1v) is 8.89. The van der Waals surface area contributed by atoms with Crippen LogP contribution in [0, 0.1) is 6.92 Å². The van der Waals surface area contributed by atoms with Gasteiger partial charge in [0.05, 0.1) is 6.04 Å². The number of aryl methyl sites for hydroxylation is 1. The van der Waals surface area contributed by atoms with Gasteiger partial charge in [0.1, 0.15) is 5.82 Å². The SMILES string of the molecule is Cc1ccc(Cl)cc1NC(=O)[C@H](C)N1CCN(c2ccccn2)CC1. The van der Waals surface area contributed by atoms with E-state index in [9.17, 15) is 4.79 Å². The second-order valence-corrected chi connectivity index (χ2v) is 6.77. The maximum atomic E-state index is 12.6. The second kappa shape index (κ2) is 7.85. The van der Waals surface area contributed by atoms with Gasteiger partial charge in [0.15, 0.2) is 0 Å². The van der Waals surface area contributed by atoms with Crippen LogP contribution in [-0.4, -0.2) is 48.0 Å². The summed E-state index contributed by atoms with van der Waals surface area (Å²) in [5.41, 5.74) is 1.78. The molecule has 0 spiro atoms. The molecule has 0 aliphatic carbocycles. The molecule has 1 aromatic carbocycles. The molecule has 25 heavy (non-hydrogen) atoms. The van der Waals surface area contributed by atoms with Crippen molar-refractivity contribution in [3.63, 3.8) is 0 Å². The van der Waals surface area contributed by atoms with Gasteiger partial charge in [-0.15, -0.1) is 0 Å². The van der Waals surface area contributed by atoms with E-state index >= 15 is 0 Å². The molecule has 5 nitrogen and oxygen atoms in total. The van der Waals surface area contributed by atoms with Crippen LogP contribution in [0.5, 0.6) is 0 Å². The number of halogens is 1. The lowest BCUT2D eigenvalue weighted by molar-refractivity contribution is -0.120. The van der Waals surface area contributed by atoms with Crippen molar-refractivity contribution in [1.82, 2.24) is 9.88 Å². The molecular weight excluding hydrogens is 336 g/mol. The summed E-state index contributed by atoms with van der Waals surface area (Å²) in [7, 11) is 0. The fraction of sp³-hybridized carbons (Fsp3) is 0.368. The molecular formula is C19H23ClN4O. The van der Waals surface area contributed by atoms with Gasteiger partial charge in [-0.05, 0) is 43.7 Å². The largest absolute Gasteiger partial charge is 0.354 e. The van der Waals surface area contributed by atoms with Crippen LogP contribution in [0.1, 0.15) is 12.5 Å². The van der Waals surface area contributed by atoms with E-state index in [4.69, 9.17) is 11.6 Å². The Labute approximate surface area is 153 Å². The third kappa shape index (κ3) is 4.30. The highest BCUT2D eigenvalue weighted by Crippen LogP contribution is 2.21. The van der Waals surface area contributed by atoms with Crippen LogP contribution in [0.15, 0.2) is 42.6 Å². The molecule has 132 valence electrons. The number of pyridine rings is 1. The summed E-state index contributed by atoms with van der Waals surface area (Å²) in [6.45, 7) is 7.31. The van der Waals surface area contributed by atoms with E-state index in [2.05, 4.69) is 20.1 Å². The number of amides is 1. The Bertz CT molecular complexity index is 729. The van der Waals surface area contributed by atoms with Crippen LogP contribution in [0.4, 0.5) is 11.5 Å². The van der Waals surface area contributed by atoms with Crippen LogP contribution in [-0.2, 0) is 4.79 Å². The molecule has 1 aromatic heterocycles. The Kier molecular flexibility index (Phi) is 5.56. The van der Waals surface area contributed by atoms with Crippen LogP contribution in [0.25, 0.3) is 0 Å². The predicted octanol–water partition coefficient (Wildman–Crippen LogP) is 3.19. The van der Waals surface area contributed by atoms with Gasteiger partial charge in [0.2, 0.25) is 5.91 Å². The number of benzene rings is 1. The molecule has 0 bridgehead atoms. The molecule has 6 heteroatoms. The summed E-state index contributed by atoms with van der Waals surface area (Å²) in [5, 5.41) is 3.62. The molecule has 1 fully saturated rings. The Morgan fingerprint density at radius 1 is 1.20 bits per heavy atom. The highest BCUT2D eigenvalue weighted by molar-refractivity contribution is 6.31. The van der Waals surface area contributed by atoms with Gasteiger partial charge in [0.25, 0.3) is 0 Å². The van der Waals surface area contributed by atoms with Crippen molar-refractivity contribution >= 4 is 29.0 Å². The van der Waals surface area contributed by atoms with Gasteiger partial charge in [-0.25, -0.2) is 4.98 Å². The topological polar surface area (TPSA) is 48.5 Å². The van der Waals surface area contributed by atoms with E-state index < -0.39 is 0 Å². The Morgan fingerprint density at radius 2 is 1.96 bits per heavy atom. The van der Waals surface area contributed by atoms with Crippen molar-refractivity contribution in [1.29, 1.82) is 0 Å². The Hall–Kier alpha value is -2.11. The summed E-state index contributed by atoms with van der Waals surface area (Å²) in [6.07, 6.45) is 1.81. The maximum Gasteiger partial charge on any atom is 0.241 e. The fourth-order valence-corrected chi connectivity index (χ4v) is 3.18. The Balaban J connectivity index is 1.57. The van der Waals surface area contributed by atoms with E-state index in [1.54, 1.807) is 6.07 Å². The van der Waals surface area contributed by atoms with Gasteiger partial charge in [0, 0.05) is 43.1 Å². The molecule has 0 unspecified atom stereocenters. The molecule has 2 aromatic rings. The van der Waals surface area contributed by atoms with Crippen LogP contribution < -0.4 is 10.2 Å². The molecule has 0 saturated carbocycles. The lowest BCUT2D eigenvalue weighted by Gasteiger charge is -2.38. The smallest absolute Gasteiger partial charge is 0.241 e.